The summed E-state index contributed by atoms with van der Waals surface area (Å²) in [5.41, 5.74) is 0.919. The summed E-state index contributed by atoms with van der Waals surface area (Å²) >= 11 is 1.44. The quantitative estimate of drug-likeness (QED) is 0.872. The van der Waals surface area contributed by atoms with E-state index in [0.29, 0.717) is 11.7 Å². The number of carbonyl (C=O) groups is 1. The van der Waals surface area contributed by atoms with Gasteiger partial charge in [0.15, 0.2) is 5.13 Å². The maximum absolute atomic E-state index is 12.1. The van der Waals surface area contributed by atoms with Gasteiger partial charge in [-0.15, -0.1) is 11.3 Å². The van der Waals surface area contributed by atoms with Crippen LogP contribution in [0.3, 0.4) is 0 Å². The van der Waals surface area contributed by atoms with E-state index < -0.39 is 0 Å². The van der Waals surface area contributed by atoms with Gasteiger partial charge in [-0.1, -0.05) is 13.3 Å². The number of aromatic nitrogens is 1. The zero-order chi connectivity index (χ0) is 14.5. The third-order valence-corrected chi connectivity index (χ3v) is 4.61. The Hall–Kier alpha value is -0.980. The number of nitrogens with one attached hydrogen (secondary N) is 1. The summed E-state index contributed by atoms with van der Waals surface area (Å²) in [6.07, 6.45) is 3.58. The maximum atomic E-state index is 12.1. The molecule has 2 rings (SSSR count). The van der Waals surface area contributed by atoms with Crippen molar-refractivity contribution in [2.45, 2.75) is 51.7 Å². The van der Waals surface area contributed by atoms with E-state index in [2.05, 4.69) is 15.2 Å². The average Bonchev–Trinajstić information content (AvgIpc) is 2.83. The lowest BCUT2D eigenvalue weighted by Gasteiger charge is -2.37. The number of aliphatic hydroxyl groups is 1. The third-order valence-electron chi connectivity index (χ3n) is 3.74. The predicted molar refractivity (Wildman–Crippen MR) is 81.0 cm³/mol. The van der Waals surface area contributed by atoms with Crippen molar-refractivity contribution in [3.8, 4) is 0 Å². The van der Waals surface area contributed by atoms with E-state index in [9.17, 15) is 9.90 Å². The van der Waals surface area contributed by atoms with Gasteiger partial charge in [0, 0.05) is 11.4 Å². The molecule has 0 spiro atoms. The second-order valence-corrected chi connectivity index (χ2v) is 6.21. The number of likely N-dealkylation sites (tertiary alicyclic amines) is 1. The van der Waals surface area contributed by atoms with E-state index >= 15 is 0 Å². The molecule has 1 saturated heterocycles. The average molecular weight is 297 g/mol. The van der Waals surface area contributed by atoms with Gasteiger partial charge in [-0.3, -0.25) is 9.69 Å². The van der Waals surface area contributed by atoms with E-state index in [-0.39, 0.29) is 18.1 Å². The van der Waals surface area contributed by atoms with Crippen LogP contribution in [0.4, 0.5) is 5.13 Å². The van der Waals surface area contributed by atoms with Gasteiger partial charge in [-0.2, -0.15) is 0 Å². The molecule has 20 heavy (non-hydrogen) atoms. The Labute approximate surface area is 124 Å². The highest BCUT2D eigenvalue weighted by Gasteiger charge is 2.29. The van der Waals surface area contributed by atoms with Crippen LogP contribution in [0, 0.1) is 6.92 Å². The first-order valence-corrected chi connectivity index (χ1v) is 8.12. The Balaban J connectivity index is 1.91. The van der Waals surface area contributed by atoms with Crippen molar-refractivity contribution < 1.29 is 9.90 Å². The van der Waals surface area contributed by atoms with Gasteiger partial charge in [0.2, 0.25) is 5.91 Å². The van der Waals surface area contributed by atoms with Crippen LogP contribution in [0.1, 0.15) is 38.3 Å². The minimum absolute atomic E-state index is 0.0467. The number of carbonyl (C=O) groups excluding carboxylic acids is 1. The first-order chi connectivity index (χ1) is 9.60. The van der Waals surface area contributed by atoms with E-state index in [1.807, 2.05) is 19.2 Å². The number of amides is 1. The normalized spacial score (nSPS) is 21.6. The van der Waals surface area contributed by atoms with Crippen molar-refractivity contribution in [1.82, 2.24) is 9.88 Å². The van der Waals surface area contributed by atoms with Gasteiger partial charge in [-0.25, -0.2) is 4.98 Å². The molecule has 2 heterocycles. The standard InChI is InChI=1S/C14H23N3O2S/c1-3-12(18)11-6-4-5-7-17(11)8-13(19)16-14-15-10(2)9-20-14/h9,11-12,18H,3-8H2,1-2H3,(H,15,16,19). The molecular weight excluding hydrogens is 274 g/mol. The number of hydrogen-bond acceptors (Lipinski definition) is 5. The number of anilines is 1. The van der Waals surface area contributed by atoms with Crippen LogP contribution in [0.2, 0.25) is 0 Å². The molecule has 2 N–H and O–H groups in total. The second kappa shape index (κ2) is 7.15. The molecule has 0 aliphatic carbocycles. The lowest BCUT2D eigenvalue weighted by molar-refractivity contribution is -0.119. The number of hydrogen-bond donors (Lipinski definition) is 2. The van der Waals surface area contributed by atoms with Crippen LogP contribution in [-0.4, -0.2) is 46.1 Å². The van der Waals surface area contributed by atoms with Crippen molar-refractivity contribution in [2.75, 3.05) is 18.4 Å². The smallest absolute Gasteiger partial charge is 0.240 e. The summed E-state index contributed by atoms with van der Waals surface area (Å²) in [4.78, 5) is 18.4. The van der Waals surface area contributed by atoms with Gasteiger partial charge < -0.3 is 10.4 Å². The van der Waals surface area contributed by atoms with Crippen molar-refractivity contribution in [3.63, 3.8) is 0 Å². The van der Waals surface area contributed by atoms with Gasteiger partial charge in [0.05, 0.1) is 18.3 Å². The predicted octanol–water partition coefficient (Wildman–Crippen LogP) is 2.02. The summed E-state index contributed by atoms with van der Waals surface area (Å²) in [6.45, 7) is 5.10. The van der Waals surface area contributed by atoms with Crippen molar-refractivity contribution in [3.05, 3.63) is 11.1 Å². The molecule has 2 unspecified atom stereocenters. The fourth-order valence-electron chi connectivity index (χ4n) is 2.68. The SMILES string of the molecule is CCC(O)C1CCCCN1CC(=O)Nc1nc(C)cs1. The first-order valence-electron chi connectivity index (χ1n) is 7.24. The number of nitrogens with zero attached hydrogens (tertiary/aromatic N) is 2. The first kappa shape index (κ1) is 15.4. The number of thiazole rings is 1. The second-order valence-electron chi connectivity index (χ2n) is 5.35. The van der Waals surface area contributed by atoms with Crippen LogP contribution in [0.25, 0.3) is 0 Å². The van der Waals surface area contributed by atoms with Crippen LogP contribution in [0.5, 0.6) is 0 Å². The van der Waals surface area contributed by atoms with E-state index in [1.54, 1.807) is 0 Å². The van der Waals surface area contributed by atoms with Gasteiger partial charge in [0.25, 0.3) is 0 Å². The van der Waals surface area contributed by atoms with Crippen LogP contribution in [0.15, 0.2) is 5.38 Å². The molecule has 6 heteroatoms. The van der Waals surface area contributed by atoms with Gasteiger partial charge in [0.1, 0.15) is 0 Å². The topological polar surface area (TPSA) is 65.5 Å². The highest BCUT2D eigenvalue weighted by Crippen LogP contribution is 2.21. The Kier molecular flexibility index (Phi) is 5.51. The van der Waals surface area contributed by atoms with Crippen LogP contribution >= 0.6 is 11.3 Å². The molecular formula is C14H23N3O2S. The summed E-state index contributed by atoms with van der Waals surface area (Å²) in [6, 6.07) is 0.109. The number of aliphatic hydroxyl groups excluding tert-OH is 1. The van der Waals surface area contributed by atoms with Crippen LogP contribution < -0.4 is 5.32 Å². The molecule has 1 aromatic rings. The molecule has 1 aliphatic heterocycles. The fourth-order valence-corrected chi connectivity index (χ4v) is 3.38. The molecule has 1 aliphatic rings. The van der Waals surface area contributed by atoms with E-state index in [1.165, 1.54) is 11.3 Å². The molecule has 0 saturated carbocycles. The van der Waals surface area contributed by atoms with Crippen molar-refractivity contribution in [2.24, 2.45) is 0 Å². The van der Waals surface area contributed by atoms with Gasteiger partial charge in [-0.05, 0) is 32.7 Å². The highest BCUT2D eigenvalue weighted by atomic mass is 32.1. The lowest BCUT2D eigenvalue weighted by atomic mass is 9.96. The highest BCUT2D eigenvalue weighted by molar-refractivity contribution is 7.13. The van der Waals surface area contributed by atoms with E-state index in [0.717, 1.165) is 37.9 Å². The van der Waals surface area contributed by atoms with Gasteiger partial charge >= 0.3 is 0 Å². The Morgan fingerprint density at radius 1 is 1.65 bits per heavy atom. The van der Waals surface area contributed by atoms with E-state index in [4.69, 9.17) is 0 Å². The molecule has 5 nitrogen and oxygen atoms in total. The molecule has 0 radical (unpaired) electrons. The maximum Gasteiger partial charge on any atom is 0.240 e. The monoisotopic (exact) mass is 297 g/mol. The molecule has 1 amide bonds. The molecule has 2 atom stereocenters. The minimum atomic E-state index is -0.342. The molecule has 1 aromatic heterocycles. The Morgan fingerprint density at radius 2 is 2.45 bits per heavy atom. The molecule has 0 aromatic carbocycles. The summed E-state index contributed by atoms with van der Waals surface area (Å²) < 4.78 is 0. The van der Waals surface area contributed by atoms with Crippen LogP contribution in [-0.2, 0) is 4.79 Å². The lowest BCUT2D eigenvalue weighted by Crippen LogP contribution is -2.49. The number of rotatable bonds is 5. The zero-order valence-corrected chi connectivity index (χ0v) is 12.9. The molecule has 112 valence electrons. The summed E-state index contributed by atoms with van der Waals surface area (Å²) in [7, 11) is 0. The largest absolute Gasteiger partial charge is 0.392 e. The fraction of sp³-hybridized carbons (Fsp3) is 0.714. The zero-order valence-electron chi connectivity index (χ0n) is 12.1. The third kappa shape index (κ3) is 4.01. The number of aryl methyl sites for hydroxylation is 1. The Bertz CT molecular complexity index is 449. The number of piperidine rings is 1. The Morgan fingerprint density at radius 3 is 3.10 bits per heavy atom. The van der Waals surface area contributed by atoms with Crippen molar-refractivity contribution >= 4 is 22.4 Å². The summed E-state index contributed by atoms with van der Waals surface area (Å²) in [5, 5.41) is 15.5. The molecule has 0 bridgehead atoms. The minimum Gasteiger partial charge on any atom is -0.392 e. The van der Waals surface area contributed by atoms with Crippen molar-refractivity contribution in [1.29, 1.82) is 0 Å². The molecule has 1 fully saturated rings. The summed E-state index contributed by atoms with van der Waals surface area (Å²) in [5.74, 6) is -0.0467.